The highest BCUT2D eigenvalue weighted by Crippen LogP contribution is 2.40. The molecule has 1 aliphatic carbocycles. The van der Waals surface area contributed by atoms with Gasteiger partial charge in [-0.2, -0.15) is 9.97 Å². The van der Waals surface area contributed by atoms with Crippen LogP contribution in [0.15, 0.2) is 78.5 Å². The number of hydrogen-bond donors (Lipinski definition) is 2. The Morgan fingerprint density at radius 1 is 1.11 bits per heavy atom. The second kappa shape index (κ2) is 13.5. The van der Waals surface area contributed by atoms with Crippen molar-refractivity contribution in [2.24, 2.45) is 0 Å². The number of hydrogen-bond acceptors (Lipinski definition) is 9. The van der Waals surface area contributed by atoms with Crippen LogP contribution in [0.5, 0.6) is 23.4 Å². The van der Waals surface area contributed by atoms with E-state index in [1.54, 1.807) is 18.3 Å². The van der Waals surface area contributed by atoms with Crippen molar-refractivity contribution in [2.75, 3.05) is 23.7 Å². The SMILES string of the molecule is C=CC(=O)C1=CCCN(c2nc(Oc3cccc4c3CCC=C(CC)C4)nc3c(Oc4c(Cl)ccc(N)c4C=N)nccc23)CC1. The van der Waals surface area contributed by atoms with Crippen LogP contribution in [-0.4, -0.2) is 40.0 Å². The minimum absolute atomic E-state index is 0.0650. The van der Waals surface area contributed by atoms with E-state index >= 15 is 0 Å². The van der Waals surface area contributed by atoms with Gasteiger partial charge >= 0.3 is 6.01 Å². The van der Waals surface area contributed by atoms with Crippen LogP contribution in [0.1, 0.15) is 49.3 Å². The lowest BCUT2D eigenvalue weighted by Gasteiger charge is -2.24. The number of nitrogen functional groups attached to an aromatic ring is 1. The van der Waals surface area contributed by atoms with E-state index in [4.69, 9.17) is 42.2 Å². The summed E-state index contributed by atoms with van der Waals surface area (Å²) in [6, 6.07) is 11.3. The maximum absolute atomic E-state index is 12.4. The summed E-state index contributed by atoms with van der Waals surface area (Å²) in [7, 11) is 0. The largest absolute Gasteiger partial charge is 0.435 e. The number of nitrogens with zero attached hydrogens (tertiary/aromatic N) is 4. The van der Waals surface area contributed by atoms with E-state index in [1.807, 2.05) is 24.3 Å². The smallest absolute Gasteiger partial charge is 0.324 e. The number of ether oxygens (including phenoxy) is 2. The molecule has 0 bridgehead atoms. The Morgan fingerprint density at radius 2 is 1.98 bits per heavy atom. The number of allylic oxidation sites excluding steroid dienone is 3. The zero-order valence-electron chi connectivity index (χ0n) is 25.7. The zero-order valence-corrected chi connectivity index (χ0v) is 26.4. The Morgan fingerprint density at radius 3 is 2.78 bits per heavy atom. The summed E-state index contributed by atoms with van der Waals surface area (Å²) in [5.74, 6) is 1.65. The number of ketones is 1. The number of benzene rings is 2. The van der Waals surface area contributed by atoms with E-state index in [0.29, 0.717) is 59.7 Å². The fraction of sp³-hybridized carbons (Fsp3) is 0.250. The highest BCUT2D eigenvalue weighted by Gasteiger charge is 2.24. The average Bonchev–Trinajstić information content (AvgIpc) is 3.45. The maximum Gasteiger partial charge on any atom is 0.324 e. The molecule has 2 aromatic carbocycles. The second-order valence-corrected chi connectivity index (χ2v) is 11.6. The molecule has 0 fully saturated rings. The van der Waals surface area contributed by atoms with Gasteiger partial charge in [0.1, 0.15) is 17.1 Å². The molecule has 0 unspecified atom stereocenters. The normalized spacial score (nSPS) is 14.8. The summed E-state index contributed by atoms with van der Waals surface area (Å²) in [4.78, 5) is 28.9. The van der Waals surface area contributed by atoms with Crippen LogP contribution in [0.4, 0.5) is 11.5 Å². The number of halogens is 1. The molecule has 0 radical (unpaired) electrons. The minimum atomic E-state index is -0.0650. The number of nitrogens with two attached hydrogens (primary N) is 1. The fourth-order valence-corrected chi connectivity index (χ4v) is 6.19. The Hall–Kier alpha value is -5.02. The number of pyridine rings is 1. The van der Waals surface area contributed by atoms with Crippen LogP contribution in [0.3, 0.4) is 0 Å². The highest BCUT2D eigenvalue weighted by atomic mass is 35.5. The summed E-state index contributed by atoms with van der Waals surface area (Å²) in [6.07, 6.45) is 13.3. The summed E-state index contributed by atoms with van der Waals surface area (Å²) in [5, 5.41) is 8.89. The Labute approximate surface area is 272 Å². The molecule has 2 aromatic heterocycles. The van der Waals surface area contributed by atoms with Crippen molar-refractivity contribution in [1.82, 2.24) is 15.0 Å². The molecule has 0 saturated heterocycles. The number of carbonyl (C=O) groups is 1. The average molecular weight is 635 g/mol. The van der Waals surface area contributed by atoms with Gasteiger partial charge in [-0.3, -0.25) is 4.79 Å². The Bertz CT molecular complexity index is 1920. The van der Waals surface area contributed by atoms with E-state index < -0.39 is 0 Å². The number of carbonyl (C=O) groups excluding carboxylic acids is 1. The molecule has 1 aliphatic heterocycles. The lowest BCUT2D eigenvalue weighted by Crippen LogP contribution is -2.26. The van der Waals surface area contributed by atoms with Crippen molar-refractivity contribution in [1.29, 1.82) is 5.41 Å². The first-order valence-corrected chi connectivity index (χ1v) is 15.8. The molecule has 2 aliphatic rings. The predicted molar refractivity (Wildman–Crippen MR) is 183 cm³/mol. The molecule has 0 amide bonds. The predicted octanol–water partition coefficient (Wildman–Crippen LogP) is 7.95. The zero-order chi connectivity index (χ0) is 32.2. The van der Waals surface area contributed by atoms with Gasteiger partial charge in [0, 0.05) is 31.2 Å². The Kier molecular flexibility index (Phi) is 9.12. The fourth-order valence-electron chi connectivity index (χ4n) is 5.99. The van der Waals surface area contributed by atoms with Crippen LogP contribution >= 0.6 is 11.6 Å². The van der Waals surface area contributed by atoms with Crippen molar-refractivity contribution >= 4 is 46.0 Å². The van der Waals surface area contributed by atoms with Gasteiger partial charge in [0.15, 0.2) is 11.5 Å². The number of nitrogens with one attached hydrogen (secondary N) is 1. The van der Waals surface area contributed by atoms with Gasteiger partial charge < -0.3 is 25.5 Å². The van der Waals surface area contributed by atoms with Gasteiger partial charge in [-0.05, 0) is 85.6 Å². The molecule has 46 heavy (non-hydrogen) atoms. The van der Waals surface area contributed by atoms with Crippen LogP contribution in [-0.2, 0) is 17.6 Å². The quantitative estimate of drug-likeness (QED) is 0.0822. The maximum atomic E-state index is 12.4. The molecule has 6 rings (SSSR count). The van der Waals surface area contributed by atoms with Crippen molar-refractivity contribution in [3.05, 3.63) is 100 Å². The molecule has 0 atom stereocenters. The molecule has 3 heterocycles. The number of rotatable bonds is 9. The summed E-state index contributed by atoms with van der Waals surface area (Å²) >= 11 is 6.52. The number of anilines is 2. The molecular weight excluding hydrogens is 600 g/mol. The van der Waals surface area contributed by atoms with Gasteiger partial charge in [0.2, 0.25) is 5.88 Å². The highest BCUT2D eigenvalue weighted by molar-refractivity contribution is 6.32. The summed E-state index contributed by atoms with van der Waals surface area (Å²) in [6.45, 7) is 7.02. The summed E-state index contributed by atoms with van der Waals surface area (Å²) < 4.78 is 12.8. The molecule has 10 heteroatoms. The topological polar surface area (TPSA) is 127 Å². The molecule has 0 saturated carbocycles. The molecule has 3 N–H and O–H groups in total. The van der Waals surface area contributed by atoms with Gasteiger partial charge in [-0.25, -0.2) is 4.98 Å². The van der Waals surface area contributed by atoms with Crippen LogP contribution < -0.4 is 20.1 Å². The van der Waals surface area contributed by atoms with E-state index in [0.717, 1.165) is 43.0 Å². The summed E-state index contributed by atoms with van der Waals surface area (Å²) in [5.41, 5.74) is 11.8. The first-order chi connectivity index (χ1) is 22.4. The number of aromatic nitrogens is 3. The minimum Gasteiger partial charge on any atom is -0.435 e. The lowest BCUT2D eigenvalue weighted by molar-refractivity contribution is -0.111. The second-order valence-electron chi connectivity index (χ2n) is 11.2. The third-order valence-electron chi connectivity index (χ3n) is 8.44. The third-order valence-corrected chi connectivity index (χ3v) is 8.74. The van der Waals surface area contributed by atoms with Gasteiger partial charge in [0.25, 0.3) is 0 Å². The van der Waals surface area contributed by atoms with E-state index in [2.05, 4.69) is 35.5 Å². The van der Waals surface area contributed by atoms with Crippen molar-refractivity contribution in [2.45, 2.75) is 45.4 Å². The first-order valence-electron chi connectivity index (χ1n) is 15.4. The van der Waals surface area contributed by atoms with Crippen molar-refractivity contribution < 1.29 is 14.3 Å². The Balaban J connectivity index is 1.46. The van der Waals surface area contributed by atoms with Crippen LogP contribution in [0, 0.1) is 5.41 Å². The van der Waals surface area contributed by atoms with Crippen molar-refractivity contribution in [3.8, 4) is 23.4 Å². The van der Waals surface area contributed by atoms with Gasteiger partial charge in [-0.15, -0.1) is 0 Å². The monoisotopic (exact) mass is 634 g/mol. The molecule has 9 nitrogen and oxygen atoms in total. The number of fused-ring (bicyclic) bond motifs is 2. The molecule has 4 aromatic rings. The standard InChI is InChI=1S/C36H35ClN6O3/c1-3-22-8-5-11-25-24(20-22)9-6-12-31(25)45-36-41-32-26(34(42-36)43-18-7-10-23(16-19-43)30(44)4-2)15-17-40-35(32)46-33-27(21-38)29(39)14-13-28(33)37/h4,6,8-10,12-15,17,21,38H,2-3,5,7,11,16,18-20,39H2,1H3. The van der Waals surface area contributed by atoms with Crippen LogP contribution in [0.2, 0.25) is 5.02 Å². The van der Waals surface area contributed by atoms with E-state index in [9.17, 15) is 4.79 Å². The van der Waals surface area contributed by atoms with Crippen LogP contribution in [0.25, 0.3) is 10.9 Å². The lowest BCUT2D eigenvalue weighted by atomic mass is 9.99. The van der Waals surface area contributed by atoms with E-state index in [1.165, 1.54) is 17.2 Å². The first kappa shape index (κ1) is 31.0. The molecule has 234 valence electrons. The van der Waals surface area contributed by atoms with Gasteiger partial charge in [0.05, 0.1) is 16.0 Å². The molecular formula is C36H35ClN6O3. The van der Waals surface area contributed by atoms with Crippen molar-refractivity contribution in [3.63, 3.8) is 0 Å². The third kappa shape index (κ3) is 6.23. The molecule has 0 spiro atoms. The van der Waals surface area contributed by atoms with Gasteiger partial charge in [-0.1, -0.05) is 55.0 Å². The van der Waals surface area contributed by atoms with E-state index in [-0.39, 0.29) is 28.4 Å².